The van der Waals surface area contributed by atoms with Crippen molar-refractivity contribution in [3.05, 3.63) is 30.0 Å². The molecule has 1 aromatic carbocycles. The lowest BCUT2D eigenvalue weighted by molar-refractivity contribution is 0.268. The summed E-state index contributed by atoms with van der Waals surface area (Å²) >= 11 is 0. The normalized spacial score (nSPS) is 13.1. The van der Waals surface area contributed by atoms with E-state index in [9.17, 15) is 0 Å². The third-order valence-corrected chi connectivity index (χ3v) is 8.91. The average Bonchev–Trinajstić information content (AvgIpc) is 2.70. The average molecular weight is 290 g/mol. The minimum absolute atomic E-state index is 0.260. The summed E-state index contributed by atoms with van der Waals surface area (Å²) in [5, 5.41) is 5.94. The third-order valence-electron chi connectivity index (χ3n) is 4.37. The molecular formula is C16H26N2OSi. The number of aryl methyl sites for hydroxylation is 1. The molecule has 0 radical (unpaired) electrons. The van der Waals surface area contributed by atoms with Gasteiger partial charge in [0.25, 0.3) is 0 Å². The van der Waals surface area contributed by atoms with E-state index in [0.29, 0.717) is 0 Å². The molecule has 0 aliphatic carbocycles. The van der Waals surface area contributed by atoms with E-state index in [1.54, 1.807) is 0 Å². The van der Waals surface area contributed by atoms with Gasteiger partial charge in [0.15, 0.2) is 8.32 Å². The smallest absolute Gasteiger partial charge is 0.192 e. The van der Waals surface area contributed by atoms with Gasteiger partial charge in [0, 0.05) is 5.39 Å². The highest BCUT2D eigenvalue weighted by Gasteiger charge is 2.36. The Bertz CT molecular complexity index is 596. The molecule has 0 fully saturated rings. The number of rotatable bonds is 4. The maximum absolute atomic E-state index is 6.22. The maximum Gasteiger partial charge on any atom is 0.192 e. The van der Waals surface area contributed by atoms with Crippen LogP contribution in [0.1, 0.15) is 26.3 Å². The highest BCUT2D eigenvalue weighted by molar-refractivity contribution is 6.74. The molecule has 2 aromatic rings. The Kier molecular flexibility index (Phi) is 4.07. The topological polar surface area (TPSA) is 27.1 Å². The van der Waals surface area contributed by atoms with E-state index in [2.05, 4.69) is 64.1 Å². The predicted octanol–water partition coefficient (Wildman–Crippen LogP) is 4.37. The summed E-state index contributed by atoms with van der Waals surface area (Å²) in [4.78, 5) is 0. The van der Waals surface area contributed by atoms with Crippen LogP contribution in [0.5, 0.6) is 0 Å². The Morgan fingerprint density at radius 3 is 2.60 bits per heavy atom. The van der Waals surface area contributed by atoms with Gasteiger partial charge in [-0.3, -0.25) is 4.68 Å². The van der Waals surface area contributed by atoms with Crippen molar-refractivity contribution in [3.8, 4) is 0 Å². The van der Waals surface area contributed by atoms with Crippen LogP contribution in [0.4, 0.5) is 0 Å². The summed E-state index contributed by atoms with van der Waals surface area (Å²) in [6.07, 6.45) is 1.94. The zero-order chi connectivity index (χ0) is 15.0. The monoisotopic (exact) mass is 290 g/mol. The quantitative estimate of drug-likeness (QED) is 0.782. The number of hydrogen-bond acceptors (Lipinski definition) is 2. The number of benzene rings is 1. The standard InChI is InChI=1S/C16H26N2OSi/c1-13-7-8-15-14(11-13)12-17-18(15)9-10-19-20(5,6)16(2,3)4/h7-8,11-12H,9-10H2,1-6H3. The first-order valence-electron chi connectivity index (χ1n) is 7.27. The van der Waals surface area contributed by atoms with Gasteiger partial charge in [-0.15, -0.1) is 0 Å². The van der Waals surface area contributed by atoms with Gasteiger partial charge in [-0.25, -0.2) is 0 Å². The van der Waals surface area contributed by atoms with E-state index in [0.717, 1.165) is 13.2 Å². The Labute approximate surface area is 123 Å². The van der Waals surface area contributed by atoms with Crippen LogP contribution < -0.4 is 0 Å². The highest BCUT2D eigenvalue weighted by atomic mass is 28.4. The Morgan fingerprint density at radius 1 is 1.25 bits per heavy atom. The zero-order valence-electron chi connectivity index (χ0n) is 13.5. The van der Waals surface area contributed by atoms with Crippen LogP contribution in [0.2, 0.25) is 18.1 Å². The summed E-state index contributed by atoms with van der Waals surface area (Å²) in [6, 6.07) is 6.45. The summed E-state index contributed by atoms with van der Waals surface area (Å²) in [6.45, 7) is 15.1. The van der Waals surface area contributed by atoms with Gasteiger partial charge in [-0.05, 0) is 37.2 Å². The van der Waals surface area contributed by atoms with Crippen LogP contribution in [0.3, 0.4) is 0 Å². The molecule has 20 heavy (non-hydrogen) atoms. The minimum atomic E-state index is -1.66. The molecule has 0 N–H and O–H groups in total. The molecule has 0 unspecified atom stereocenters. The second kappa shape index (κ2) is 5.33. The fraction of sp³-hybridized carbons (Fsp3) is 0.562. The van der Waals surface area contributed by atoms with Crippen molar-refractivity contribution in [2.75, 3.05) is 6.61 Å². The summed E-state index contributed by atoms with van der Waals surface area (Å²) in [7, 11) is -1.66. The lowest BCUT2D eigenvalue weighted by atomic mass is 10.2. The lowest BCUT2D eigenvalue weighted by Crippen LogP contribution is -2.41. The van der Waals surface area contributed by atoms with Crippen LogP contribution in [0, 0.1) is 6.92 Å². The van der Waals surface area contributed by atoms with E-state index < -0.39 is 8.32 Å². The van der Waals surface area contributed by atoms with Crippen LogP contribution in [-0.2, 0) is 11.0 Å². The van der Waals surface area contributed by atoms with E-state index in [1.807, 2.05) is 10.9 Å². The minimum Gasteiger partial charge on any atom is -0.415 e. The number of fused-ring (bicyclic) bond motifs is 1. The fourth-order valence-electron chi connectivity index (χ4n) is 1.99. The van der Waals surface area contributed by atoms with E-state index in [-0.39, 0.29) is 5.04 Å². The Balaban J connectivity index is 2.04. The van der Waals surface area contributed by atoms with E-state index >= 15 is 0 Å². The molecule has 2 rings (SSSR count). The Morgan fingerprint density at radius 2 is 1.95 bits per heavy atom. The molecule has 0 atom stereocenters. The molecule has 0 saturated carbocycles. The van der Waals surface area contributed by atoms with Crippen LogP contribution in [0.15, 0.2) is 24.4 Å². The van der Waals surface area contributed by atoms with E-state index in [4.69, 9.17) is 4.43 Å². The van der Waals surface area contributed by atoms with Crippen molar-refractivity contribution in [3.63, 3.8) is 0 Å². The van der Waals surface area contributed by atoms with Gasteiger partial charge < -0.3 is 4.43 Å². The molecule has 0 aliphatic heterocycles. The molecule has 0 bridgehead atoms. The molecule has 0 saturated heterocycles. The molecule has 0 amide bonds. The molecular weight excluding hydrogens is 264 g/mol. The van der Waals surface area contributed by atoms with Crippen LogP contribution >= 0.6 is 0 Å². The van der Waals surface area contributed by atoms with Crippen molar-refractivity contribution in [2.24, 2.45) is 0 Å². The van der Waals surface area contributed by atoms with Crippen molar-refractivity contribution >= 4 is 19.2 Å². The molecule has 0 aliphatic rings. The van der Waals surface area contributed by atoms with Gasteiger partial charge in [0.05, 0.1) is 24.9 Å². The van der Waals surface area contributed by atoms with Crippen molar-refractivity contribution in [1.82, 2.24) is 9.78 Å². The van der Waals surface area contributed by atoms with Crippen molar-refractivity contribution < 1.29 is 4.43 Å². The van der Waals surface area contributed by atoms with Crippen molar-refractivity contribution in [1.29, 1.82) is 0 Å². The Hall–Kier alpha value is -1.13. The number of nitrogens with zero attached hydrogens (tertiary/aromatic N) is 2. The number of aromatic nitrogens is 2. The highest BCUT2D eigenvalue weighted by Crippen LogP contribution is 2.36. The summed E-state index contributed by atoms with van der Waals surface area (Å²) in [5.74, 6) is 0. The van der Waals surface area contributed by atoms with Crippen LogP contribution in [0.25, 0.3) is 10.9 Å². The molecule has 1 heterocycles. The molecule has 3 nitrogen and oxygen atoms in total. The zero-order valence-corrected chi connectivity index (χ0v) is 14.5. The van der Waals surface area contributed by atoms with E-state index in [1.165, 1.54) is 16.5 Å². The number of hydrogen-bond donors (Lipinski definition) is 0. The summed E-state index contributed by atoms with van der Waals surface area (Å²) < 4.78 is 8.26. The molecule has 0 spiro atoms. The second-order valence-corrected chi connectivity index (χ2v) is 11.8. The SMILES string of the molecule is Cc1ccc2c(cnn2CCO[Si](C)(C)C(C)(C)C)c1. The van der Waals surface area contributed by atoms with Crippen LogP contribution in [-0.4, -0.2) is 24.7 Å². The van der Waals surface area contributed by atoms with Gasteiger partial charge in [0.2, 0.25) is 0 Å². The molecule has 4 heteroatoms. The second-order valence-electron chi connectivity index (χ2n) is 7.04. The predicted molar refractivity (Wildman–Crippen MR) is 87.6 cm³/mol. The van der Waals surface area contributed by atoms with Gasteiger partial charge in [0.1, 0.15) is 0 Å². The van der Waals surface area contributed by atoms with Crippen molar-refractivity contribution in [2.45, 2.75) is 52.4 Å². The first-order chi connectivity index (χ1) is 9.21. The van der Waals surface area contributed by atoms with Gasteiger partial charge in [-0.1, -0.05) is 32.4 Å². The molecule has 1 aromatic heterocycles. The van der Waals surface area contributed by atoms with Gasteiger partial charge in [-0.2, -0.15) is 5.10 Å². The maximum atomic E-state index is 6.22. The third kappa shape index (κ3) is 3.12. The first kappa shape index (κ1) is 15.3. The van der Waals surface area contributed by atoms with Gasteiger partial charge >= 0.3 is 0 Å². The lowest BCUT2D eigenvalue weighted by Gasteiger charge is -2.36. The summed E-state index contributed by atoms with van der Waals surface area (Å²) in [5.41, 5.74) is 2.46. The fourth-order valence-corrected chi connectivity index (χ4v) is 3.02. The largest absolute Gasteiger partial charge is 0.415 e. The molecule has 110 valence electrons. The first-order valence-corrected chi connectivity index (χ1v) is 10.2.